The van der Waals surface area contributed by atoms with Gasteiger partial charge < -0.3 is 14.7 Å². The normalized spacial score (nSPS) is 21.1. The van der Waals surface area contributed by atoms with Gasteiger partial charge in [-0.05, 0) is 61.1 Å². The lowest BCUT2D eigenvalue weighted by Gasteiger charge is -2.34. The fourth-order valence-corrected chi connectivity index (χ4v) is 7.01. The summed E-state index contributed by atoms with van der Waals surface area (Å²) in [6.07, 6.45) is 4.17. The molecule has 10 heteroatoms. The number of piperazine rings is 1. The van der Waals surface area contributed by atoms with Gasteiger partial charge in [-0.2, -0.15) is 4.31 Å². The van der Waals surface area contributed by atoms with Gasteiger partial charge in [0.15, 0.2) is 11.6 Å². The molecule has 0 atom stereocenters. The summed E-state index contributed by atoms with van der Waals surface area (Å²) in [5.74, 6) is 1.85. The van der Waals surface area contributed by atoms with Gasteiger partial charge in [-0.25, -0.2) is 8.42 Å². The number of carbonyl (C=O) groups is 1. The van der Waals surface area contributed by atoms with Crippen molar-refractivity contribution in [3.63, 3.8) is 0 Å². The van der Waals surface area contributed by atoms with E-state index in [4.69, 9.17) is 0 Å². The van der Waals surface area contributed by atoms with Crippen LogP contribution < -0.4 is 14.7 Å². The zero-order valence-electron chi connectivity index (χ0n) is 18.6. The molecule has 2 aromatic rings. The van der Waals surface area contributed by atoms with Crippen molar-refractivity contribution in [1.82, 2.24) is 14.5 Å². The number of aryl methyl sites for hydroxylation is 1. The van der Waals surface area contributed by atoms with E-state index in [0.717, 1.165) is 48.0 Å². The van der Waals surface area contributed by atoms with E-state index in [1.165, 1.54) is 12.8 Å². The van der Waals surface area contributed by atoms with E-state index in [1.54, 1.807) is 16.4 Å². The van der Waals surface area contributed by atoms with E-state index in [0.29, 0.717) is 50.5 Å². The molecule has 0 N–H and O–H groups in total. The van der Waals surface area contributed by atoms with Crippen LogP contribution in [0.4, 0.5) is 17.3 Å². The highest BCUT2D eigenvalue weighted by Crippen LogP contribution is 2.39. The van der Waals surface area contributed by atoms with Gasteiger partial charge in [-0.1, -0.05) is 0 Å². The van der Waals surface area contributed by atoms with E-state index in [1.807, 2.05) is 17.0 Å². The molecule has 174 valence electrons. The summed E-state index contributed by atoms with van der Waals surface area (Å²) in [5, 5.41) is 8.80. The molecule has 4 aliphatic heterocycles. The molecule has 0 spiro atoms. The first-order chi connectivity index (χ1) is 16.0. The zero-order chi connectivity index (χ0) is 22.6. The summed E-state index contributed by atoms with van der Waals surface area (Å²) in [5.41, 5.74) is 2.91. The van der Waals surface area contributed by atoms with Crippen LogP contribution in [0.15, 0.2) is 29.2 Å². The molecule has 6 rings (SSSR count). The van der Waals surface area contributed by atoms with Crippen LogP contribution in [-0.2, 0) is 27.7 Å². The van der Waals surface area contributed by atoms with Crippen molar-refractivity contribution < 1.29 is 13.2 Å². The highest BCUT2D eigenvalue weighted by molar-refractivity contribution is 7.89. The highest BCUT2D eigenvalue weighted by Gasteiger charge is 2.35. The molecule has 2 saturated heterocycles. The minimum Gasteiger partial charge on any atom is -0.355 e. The largest absolute Gasteiger partial charge is 0.355 e. The molecule has 1 aromatic heterocycles. The van der Waals surface area contributed by atoms with Crippen molar-refractivity contribution in [2.24, 2.45) is 0 Å². The number of benzene rings is 1. The predicted octanol–water partition coefficient (Wildman–Crippen LogP) is 1.42. The minimum absolute atomic E-state index is 0.143. The van der Waals surface area contributed by atoms with Gasteiger partial charge in [0.05, 0.1) is 10.6 Å². The zero-order valence-corrected chi connectivity index (χ0v) is 19.4. The molecule has 1 aromatic carbocycles. The first-order valence-corrected chi connectivity index (χ1v) is 13.2. The van der Waals surface area contributed by atoms with Crippen LogP contribution in [0.1, 0.15) is 30.4 Å². The Balaban J connectivity index is 1.16. The first kappa shape index (κ1) is 20.9. The topological polar surface area (TPSA) is 90.0 Å². The average Bonchev–Trinajstić information content (AvgIpc) is 3.53. The van der Waals surface area contributed by atoms with E-state index in [9.17, 15) is 13.2 Å². The van der Waals surface area contributed by atoms with Gasteiger partial charge in [0.2, 0.25) is 15.9 Å². The van der Waals surface area contributed by atoms with Gasteiger partial charge in [-0.15, -0.1) is 10.2 Å². The van der Waals surface area contributed by atoms with Gasteiger partial charge in [0.25, 0.3) is 0 Å². The number of carbonyl (C=O) groups excluding carboxylic acids is 1. The Morgan fingerprint density at radius 1 is 0.727 bits per heavy atom. The molecule has 33 heavy (non-hydrogen) atoms. The molecule has 0 aliphatic carbocycles. The second-order valence-corrected chi connectivity index (χ2v) is 11.2. The summed E-state index contributed by atoms with van der Waals surface area (Å²) in [7, 11) is -3.59. The molecule has 5 heterocycles. The van der Waals surface area contributed by atoms with Crippen LogP contribution >= 0.6 is 0 Å². The minimum atomic E-state index is -3.59. The summed E-state index contributed by atoms with van der Waals surface area (Å²) in [4.78, 5) is 18.7. The number of hydrogen-bond donors (Lipinski definition) is 0. The standard InChI is InChI=1S/C23H28N6O3S/c30-22-6-3-17-15-19(16-18-7-10-29(22)23(17)18)33(31,32)28-13-11-27(12-14-28)21-5-4-20(24-25-21)26-8-1-2-9-26/h4-5,15-16H,1-3,6-14H2. The van der Waals surface area contributed by atoms with Crippen LogP contribution in [0.5, 0.6) is 0 Å². The van der Waals surface area contributed by atoms with Crippen LogP contribution in [0, 0.1) is 0 Å². The van der Waals surface area contributed by atoms with Gasteiger partial charge in [0, 0.05) is 52.2 Å². The third kappa shape index (κ3) is 3.56. The molecule has 4 aliphatic rings. The Labute approximate surface area is 194 Å². The number of rotatable bonds is 4. The van der Waals surface area contributed by atoms with Gasteiger partial charge in [-0.3, -0.25) is 4.79 Å². The second-order valence-electron chi connectivity index (χ2n) is 9.22. The van der Waals surface area contributed by atoms with E-state index >= 15 is 0 Å². The predicted molar refractivity (Wildman–Crippen MR) is 125 cm³/mol. The van der Waals surface area contributed by atoms with Gasteiger partial charge >= 0.3 is 0 Å². The number of hydrogen-bond acceptors (Lipinski definition) is 7. The number of anilines is 3. The Morgan fingerprint density at radius 2 is 1.33 bits per heavy atom. The molecular weight excluding hydrogens is 440 g/mol. The number of amides is 1. The first-order valence-electron chi connectivity index (χ1n) is 11.8. The molecular formula is C23H28N6O3S. The lowest BCUT2D eigenvalue weighted by molar-refractivity contribution is -0.118. The SMILES string of the molecule is O=C1CCc2cc(S(=O)(=O)N3CCN(c4ccc(N5CCCC5)nn4)CC3)cc3c2N1CC3. The second kappa shape index (κ2) is 7.95. The maximum Gasteiger partial charge on any atom is 0.243 e. The number of nitrogens with zero attached hydrogens (tertiary/aromatic N) is 6. The lowest BCUT2D eigenvalue weighted by Crippen LogP contribution is -2.49. The van der Waals surface area contributed by atoms with Gasteiger partial charge in [0.1, 0.15) is 0 Å². The summed E-state index contributed by atoms with van der Waals surface area (Å²) in [6.45, 7) is 4.70. The third-order valence-electron chi connectivity index (χ3n) is 7.29. The molecule has 0 radical (unpaired) electrons. The Morgan fingerprint density at radius 3 is 1.97 bits per heavy atom. The van der Waals surface area contributed by atoms with E-state index in [2.05, 4.69) is 20.0 Å². The van der Waals surface area contributed by atoms with Crippen LogP contribution in [0.3, 0.4) is 0 Å². The maximum absolute atomic E-state index is 13.4. The van der Waals surface area contributed by atoms with E-state index < -0.39 is 10.0 Å². The summed E-state index contributed by atoms with van der Waals surface area (Å²) >= 11 is 0. The Hall–Kier alpha value is -2.72. The monoisotopic (exact) mass is 468 g/mol. The highest BCUT2D eigenvalue weighted by atomic mass is 32.2. The lowest BCUT2D eigenvalue weighted by atomic mass is 10.00. The molecule has 1 amide bonds. The van der Waals surface area contributed by atoms with Crippen LogP contribution in [-0.4, -0.2) is 74.6 Å². The third-order valence-corrected chi connectivity index (χ3v) is 9.17. The van der Waals surface area contributed by atoms with E-state index in [-0.39, 0.29) is 5.91 Å². The fourth-order valence-electron chi connectivity index (χ4n) is 5.48. The van der Waals surface area contributed by atoms with Crippen molar-refractivity contribution in [2.45, 2.75) is 37.0 Å². The van der Waals surface area contributed by atoms with Crippen LogP contribution in [0.2, 0.25) is 0 Å². The van der Waals surface area contributed by atoms with Crippen molar-refractivity contribution in [2.75, 3.05) is 60.5 Å². The van der Waals surface area contributed by atoms with Crippen molar-refractivity contribution >= 4 is 33.3 Å². The number of aromatic nitrogens is 2. The fraction of sp³-hybridized carbons (Fsp3) is 0.522. The molecule has 0 unspecified atom stereocenters. The smallest absolute Gasteiger partial charge is 0.243 e. The number of sulfonamides is 1. The molecule has 0 saturated carbocycles. The Bertz CT molecular complexity index is 1190. The average molecular weight is 469 g/mol. The van der Waals surface area contributed by atoms with Crippen molar-refractivity contribution in [1.29, 1.82) is 0 Å². The van der Waals surface area contributed by atoms with Crippen molar-refractivity contribution in [3.8, 4) is 0 Å². The molecule has 2 fully saturated rings. The van der Waals surface area contributed by atoms with Crippen LogP contribution in [0.25, 0.3) is 0 Å². The molecule has 0 bridgehead atoms. The molecule has 9 nitrogen and oxygen atoms in total. The summed E-state index contributed by atoms with van der Waals surface area (Å²) < 4.78 is 28.5. The quantitative estimate of drug-likeness (QED) is 0.670. The Kier molecular flexibility index (Phi) is 5.02. The summed E-state index contributed by atoms with van der Waals surface area (Å²) in [6, 6.07) is 7.57. The maximum atomic E-state index is 13.4. The van der Waals surface area contributed by atoms with Crippen molar-refractivity contribution in [3.05, 3.63) is 35.4 Å².